The minimum atomic E-state index is -0.191. The van der Waals surface area contributed by atoms with Crippen molar-refractivity contribution in [3.63, 3.8) is 0 Å². The molecule has 0 aromatic carbocycles. The van der Waals surface area contributed by atoms with Crippen LogP contribution in [0.4, 0.5) is 0 Å². The van der Waals surface area contributed by atoms with Gasteiger partial charge in [-0.05, 0) is 30.2 Å². The third-order valence-electron chi connectivity index (χ3n) is 3.76. The highest BCUT2D eigenvalue weighted by atomic mass is 32.1. The number of aliphatic hydroxyl groups excluding tert-OH is 1. The van der Waals surface area contributed by atoms with Crippen molar-refractivity contribution in [2.75, 3.05) is 19.6 Å². The molecule has 0 radical (unpaired) electrons. The van der Waals surface area contributed by atoms with Gasteiger partial charge in [0.2, 0.25) is 5.91 Å². The maximum atomic E-state index is 12.2. The summed E-state index contributed by atoms with van der Waals surface area (Å²) in [5, 5.41) is 14.7. The Morgan fingerprint density at radius 2 is 2.20 bits per heavy atom. The summed E-state index contributed by atoms with van der Waals surface area (Å²) in [6.45, 7) is 6.30. The maximum Gasteiger partial charge on any atom is 0.234 e. The maximum absolute atomic E-state index is 12.2. The van der Waals surface area contributed by atoms with Gasteiger partial charge in [0.1, 0.15) is 0 Å². The van der Waals surface area contributed by atoms with Crippen molar-refractivity contribution in [3.8, 4) is 0 Å². The number of carbonyl (C=O) groups is 1. The molecule has 0 bridgehead atoms. The van der Waals surface area contributed by atoms with Crippen LogP contribution < -0.4 is 5.32 Å². The minimum Gasteiger partial charge on any atom is -0.393 e. The molecule has 1 aromatic heterocycles. The molecular formula is C15H24N2O2S. The van der Waals surface area contributed by atoms with Crippen molar-refractivity contribution in [1.82, 2.24) is 10.2 Å². The summed E-state index contributed by atoms with van der Waals surface area (Å²) in [6, 6.07) is 4.19. The lowest BCUT2D eigenvalue weighted by Crippen LogP contribution is -2.44. The van der Waals surface area contributed by atoms with Crippen molar-refractivity contribution in [2.45, 2.75) is 38.8 Å². The number of carbonyl (C=O) groups excluding carboxylic acids is 1. The quantitative estimate of drug-likeness (QED) is 0.874. The Morgan fingerprint density at radius 3 is 2.75 bits per heavy atom. The molecule has 1 fully saturated rings. The molecule has 0 aliphatic carbocycles. The van der Waals surface area contributed by atoms with E-state index in [2.05, 4.69) is 30.1 Å². The van der Waals surface area contributed by atoms with Crippen molar-refractivity contribution in [1.29, 1.82) is 0 Å². The average Bonchev–Trinajstić information content (AvgIpc) is 2.92. The molecule has 1 aliphatic heterocycles. The predicted molar refractivity (Wildman–Crippen MR) is 81.7 cm³/mol. The molecule has 4 nitrogen and oxygen atoms in total. The molecule has 0 spiro atoms. The number of rotatable bonds is 5. The standard InChI is InChI=1S/C15H24N2O2S/c1-11(2)15(13-4-3-9-20-13)16-14(19)10-17-7-5-12(18)6-8-17/h3-4,9,11-12,15,18H,5-8,10H2,1-2H3,(H,16,19). The summed E-state index contributed by atoms with van der Waals surface area (Å²) in [7, 11) is 0. The van der Waals surface area contributed by atoms with Gasteiger partial charge < -0.3 is 10.4 Å². The molecule has 2 N–H and O–H groups in total. The number of piperidine rings is 1. The van der Waals surface area contributed by atoms with Crippen LogP contribution in [0.25, 0.3) is 0 Å². The third kappa shape index (κ3) is 4.30. The van der Waals surface area contributed by atoms with E-state index in [1.165, 1.54) is 4.88 Å². The molecular weight excluding hydrogens is 272 g/mol. The van der Waals surface area contributed by atoms with E-state index in [4.69, 9.17) is 0 Å². The first-order valence-electron chi connectivity index (χ1n) is 7.29. The van der Waals surface area contributed by atoms with E-state index in [9.17, 15) is 9.90 Å². The molecule has 1 amide bonds. The van der Waals surface area contributed by atoms with Gasteiger partial charge in [-0.2, -0.15) is 0 Å². The molecule has 1 atom stereocenters. The van der Waals surface area contributed by atoms with Gasteiger partial charge in [0, 0.05) is 18.0 Å². The Labute approximate surface area is 124 Å². The van der Waals surface area contributed by atoms with Gasteiger partial charge in [-0.1, -0.05) is 19.9 Å². The van der Waals surface area contributed by atoms with E-state index >= 15 is 0 Å². The molecule has 2 heterocycles. The SMILES string of the molecule is CC(C)C(NC(=O)CN1CCC(O)CC1)c1cccs1. The monoisotopic (exact) mass is 296 g/mol. The summed E-state index contributed by atoms with van der Waals surface area (Å²) < 4.78 is 0. The number of nitrogens with zero attached hydrogens (tertiary/aromatic N) is 1. The van der Waals surface area contributed by atoms with Gasteiger partial charge in [-0.25, -0.2) is 0 Å². The van der Waals surface area contributed by atoms with Gasteiger partial charge >= 0.3 is 0 Å². The van der Waals surface area contributed by atoms with Crippen LogP contribution in [0, 0.1) is 5.92 Å². The minimum absolute atomic E-state index is 0.0773. The van der Waals surface area contributed by atoms with Gasteiger partial charge in [-0.15, -0.1) is 11.3 Å². The lowest BCUT2D eigenvalue weighted by Gasteiger charge is -2.30. The van der Waals surface area contributed by atoms with Crippen LogP contribution in [0.2, 0.25) is 0 Å². The Kier molecular flexibility index (Phi) is 5.57. The lowest BCUT2D eigenvalue weighted by molar-refractivity contribution is -0.123. The van der Waals surface area contributed by atoms with Crippen molar-refractivity contribution in [3.05, 3.63) is 22.4 Å². The van der Waals surface area contributed by atoms with Crippen LogP contribution in [0.3, 0.4) is 0 Å². The largest absolute Gasteiger partial charge is 0.393 e. The summed E-state index contributed by atoms with van der Waals surface area (Å²) in [5.74, 6) is 0.453. The van der Waals surface area contributed by atoms with E-state index in [0.717, 1.165) is 25.9 Å². The first-order valence-corrected chi connectivity index (χ1v) is 8.17. The smallest absolute Gasteiger partial charge is 0.234 e. The molecule has 0 saturated carbocycles. The molecule has 2 rings (SSSR count). The van der Waals surface area contributed by atoms with Crippen molar-refractivity contribution in [2.24, 2.45) is 5.92 Å². The van der Waals surface area contributed by atoms with Gasteiger partial charge in [0.15, 0.2) is 0 Å². The molecule has 1 saturated heterocycles. The zero-order chi connectivity index (χ0) is 14.5. The topological polar surface area (TPSA) is 52.6 Å². The Hall–Kier alpha value is -0.910. The second-order valence-corrected chi connectivity index (χ2v) is 6.79. The Balaban J connectivity index is 1.86. The van der Waals surface area contributed by atoms with Crippen LogP contribution in [-0.2, 0) is 4.79 Å². The number of nitrogens with one attached hydrogen (secondary N) is 1. The summed E-state index contributed by atoms with van der Waals surface area (Å²) in [5.41, 5.74) is 0. The lowest BCUT2D eigenvalue weighted by atomic mass is 10.0. The fourth-order valence-electron chi connectivity index (χ4n) is 2.53. The molecule has 5 heteroatoms. The normalized spacial score (nSPS) is 19.2. The van der Waals surface area contributed by atoms with Crippen molar-refractivity contribution >= 4 is 17.2 Å². The second-order valence-electron chi connectivity index (χ2n) is 5.81. The van der Waals surface area contributed by atoms with Crippen LogP contribution in [0.15, 0.2) is 17.5 Å². The van der Waals surface area contributed by atoms with E-state index in [1.54, 1.807) is 11.3 Å². The van der Waals surface area contributed by atoms with Gasteiger partial charge in [-0.3, -0.25) is 9.69 Å². The highest BCUT2D eigenvalue weighted by Gasteiger charge is 2.22. The first-order chi connectivity index (χ1) is 9.56. The molecule has 1 aliphatic rings. The molecule has 20 heavy (non-hydrogen) atoms. The average molecular weight is 296 g/mol. The highest BCUT2D eigenvalue weighted by molar-refractivity contribution is 7.10. The number of hydrogen-bond acceptors (Lipinski definition) is 4. The molecule has 1 unspecified atom stereocenters. The second kappa shape index (κ2) is 7.20. The Bertz CT molecular complexity index is 412. The number of thiophene rings is 1. The van der Waals surface area contributed by atoms with Crippen molar-refractivity contribution < 1.29 is 9.90 Å². The predicted octanol–water partition coefficient (Wildman–Crippen LogP) is 2.02. The number of likely N-dealkylation sites (tertiary alicyclic amines) is 1. The number of hydrogen-bond donors (Lipinski definition) is 2. The van der Waals surface area contributed by atoms with Crippen LogP contribution >= 0.6 is 11.3 Å². The zero-order valence-corrected chi connectivity index (χ0v) is 13.0. The first kappa shape index (κ1) is 15.5. The van der Waals surface area contributed by atoms with Crippen LogP contribution in [-0.4, -0.2) is 41.7 Å². The van der Waals surface area contributed by atoms with E-state index < -0.39 is 0 Å². The fraction of sp³-hybridized carbons (Fsp3) is 0.667. The highest BCUT2D eigenvalue weighted by Crippen LogP contribution is 2.25. The summed E-state index contributed by atoms with van der Waals surface area (Å²) in [4.78, 5) is 15.5. The molecule has 1 aromatic rings. The molecule has 112 valence electrons. The third-order valence-corrected chi connectivity index (χ3v) is 4.71. The van der Waals surface area contributed by atoms with E-state index in [1.807, 2.05) is 11.4 Å². The number of aliphatic hydroxyl groups is 1. The summed E-state index contributed by atoms with van der Waals surface area (Å²) in [6.07, 6.45) is 1.35. The fourth-order valence-corrected chi connectivity index (χ4v) is 3.48. The number of amides is 1. The van der Waals surface area contributed by atoms with Gasteiger partial charge in [0.25, 0.3) is 0 Å². The van der Waals surface area contributed by atoms with Crippen LogP contribution in [0.1, 0.15) is 37.6 Å². The zero-order valence-electron chi connectivity index (χ0n) is 12.2. The van der Waals surface area contributed by atoms with E-state index in [-0.39, 0.29) is 18.1 Å². The van der Waals surface area contributed by atoms with E-state index in [0.29, 0.717) is 12.5 Å². The summed E-state index contributed by atoms with van der Waals surface area (Å²) >= 11 is 1.69. The van der Waals surface area contributed by atoms with Gasteiger partial charge in [0.05, 0.1) is 18.7 Å². The Morgan fingerprint density at radius 1 is 1.50 bits per heavy atom. The van der Waals surface area contributed by atoms with Crippen LogP contribution in [0.5, 0.6) is 0 Å².